The molecule has 1 atom stereocenters. The minimum Gasteiger partial charge on any atom is -0.497 e. The Labute approximate surface area is 274 Å². The van der Waals surface area contributed by atoms with E-state index in [2.05, 4.69) is 5.32 Å². The van der Waals surface area contributed by atoms with Gasteiger partial charge in [-0.15, -0.1) is 0 Å². The summed E-state index contributed by atoms with van der Waals surface area (Å²) in [7, 11) is -2.80. The van der Waals surface area contributed by atoms with Gasteiger partial charge in [-0.1, -0.05) is 71.7 Å². The molecular formula is C34H35Cl2N3O5S. The van der Waals surface area contributed by atoms with Crippen molar-refractivity contribution in [1.29, 1.82) is 0 Å². The third-order valence-electron chi connectivity index (χ3n) is 6.97. The first kappa shape index (κ1) is 33.8. The summed E-state index contributed by atoms with van der Waals surface area (Å²) >= 11 is 12.6. The third kappa shape index (κ3) is 9.00. The van der Waals surface area contributed by atoms with Gasteiger partial charge in [0.2, 0.25) is 11.8 Å². The lowest BCUT2D eigenvalue weighted by Crippen LogP contribution is -2.54. The van der Waals surface area contributed by atoms with Crippen molar-refractivity contribution < 1.29 is 22.7 Å². The molecule has 0 aliphatic carbocycles. The number of ether oxygens (including phenoxy) is 1. The Morgan fingerprint density at radius 2 is 1.44 bits per heavy atom. The molecule has 0 heterocycles. The number of amides is 2. The van der Waals surface area contributed by atoms with Crippen LogP contribution >= 0.6 is 23.2 Å². The first-order valence-corrected chi connectivity index (χ1v) is 16.5. The molecule has 1 N–H and O–H groups in total. The number of methoxy groups -OCH3 is 1. The van der Waals surface area contributed by atoms with E-state index in [-0.39, 0.29) is 35.5 Å². The number of nitrogens with zero attached hydrogens (tertiary/aromatic N) is 2. The molecule has 1 unspecified atom stereocenters. The maximum absolute atomic E-state index is 14.5. The Hall–Kier alpha value is -4.05. The standard InChI is InChI=1S/C34H35Cl2N3O5S/c1-24(2)37-34(41)32(20-25-9-5-4-6-10-25)38(22-26-11-7-12-27(35)19-26)33(40)23-39(29-14-8-13-28(36)21-29)45(42,43)31-17-15-30(44-3)16-18-31/h4-19,21,24,32H,20,22-23H2,1-3H3,(H,37,41). The van der Waals surface area contributed by atoms with Gasteiger partial charge in [-0.25, -0.2) is 8.42 Å². The number of carbonyl (C=O) groups excluding carboxylic acids is 2. The van der Waals surface area contributed by atoms with Crippen LogP contribution in [-0.4, -0.2) is 50.9 Å². The van der Waals surface area contributed by atoms with Crippen LogP contribution in [0.2, 0.25) is 10.0 Å². The molecule has 0 spiro atoms. The van der Waals surface area contributed by atoms with E-state index in [9.17, 15) is 18.0 Å². The summed E-state index contributed by atoms with van der Waals surface area (Å²) in [5, 5.41) is 3.70. The van der Waals surface area contributed by atoms with Gasteiger partial charge < -0.3 is 15.0 Å². The summed E-state index contributed by atoms with van der Waals surface area (Å²) in [6.07, 6.45) is 0.202. The third-order valence-corrected chi connectivity index (χ3v) is 9.22. The van der Waals surface area contributed by atoms with Crippen molar-refractivity contribution in [3.63, 3.8) is 0 Å². The molecule has 0 fully saturated rings. The van der Waals surface area contributed by atoms with Gasteiger partial charge in [0.05, 0.1) is 17.7 Å². The van der Waals surface area contributed by atoms with E-state index in [1.54, 1.807) is 42.5 Å². The lowest BCUT2D eigenvalue weighted by atomic mass is 10.0. The lowest BCUT2D eigenvalue weighted by Gasteiger charge is -2.34. The molecule has 236 valence electrons. The van der Waals surface area contributed by atoms with Gasteiger partial charge in [-0.05, 0) is 79.6 Å². The minimum atomic E-state index is -4.28. The highest BCUT2D eigenvalue weighted by Crippen LogP contribution is 2.28. The zero-order valence-electron chi connectivity index (χ0n) is 25.2. The fraction of sp³-hybridized carbons (Fsp3) is 0.235. The molecule has 0 saturated heterocycles. The number of hydrogen-bond donors (Lipinski definition) is 1. The second kappa shape index (κ2) is 15.3. The Balaban J connectivity index is 1.81. The summed E-state index contributed by atoms with van der Waals surface area (Å²) in [6.45, 7) is 3.08. The Morgan fingerprint density at radius 1 is 0.822 bits per heavy atom. The van der Waals surface area contributed by atoms with Crippen molar-refractivity contribution >= 4 is 50.7 Å². The van der Waals surface area contributed by atoms with Crippen molar-refractivity contribution in [1.82, 2.24) is 10.2 Å². The zero-order valence-corrected chi connectivity index (χ0v) is 27.5. The highest BCUT2D eigenvalue weighted by atomic mass is 35.5. The van der Waals surface area contributed by atoms with Crippen LogP contribution < -0.4 is 14.4 Å². The summed E-state index contributed by atoms with van der Waals surface area (Å²) in [6, 6.07) is 27.3. The first-order chi connectivity index (χ1) is 21.5. The van der Waals surface area contributed by atoms with Crippen LogP contribution in [-0.2, 0) is 32.6 Å². The number of hydrogen-bond acceptors (Lipinski definition) is 5. The fourth-order valence-electron chi connectivity index (χ4n) is 4.80. The molecule has 0 bridgehead atoms. The van der Waals surface area contributed by atoms with Gasteiger partial charge in [0.1, 0.15) is 18.3 Å². The highest BCUT2D eigenvalue weighted by Gasteiger charge is 2.35. The van der Waals surface area contributed by atoms with E-state index < -0.39 is 28.5 Å². The van der Waals surface area contributed by atoms with Gasteiger partial charge in [-0.3, -0.25) is 13.9 Å². The van der Waals surface area contributed by atoms with E-state index in [0.29, 0.717) is 21.4 Å². The fourth-order valence-corrected chi connectivity index (χ4v) is 6.61. The van der Waals surface area contributed by atoms with E-state index in [1.807, 2.05) is 44.2 Å². The summed E-state index contributed by atoms with van der Waals surface area (Å²) in [5.41, 5.74) is 1.71. The van der Waals surface area contributed by atoms with Crippen molar-refractivity contribution in [2.75, 3.05) is 18.0 Å². The number of halogens is 2. The van der Waals surface area contributed by atoms with Crippen LogP contribution in [0.25, 0.3) is 0 Å². The molecule has 8 nitrogen and oxygen atoms in total. The van der Waals surface area contributed by atoms with Gasteiger partial charge in [0, 0.05) is 29.1 Å². The topological polar surface area (TPSA) is 96.0 Å². The van der Waals surface area contributed by atoms with Crippen LogP contribution in [0.15, 0.2) is 108 Å². The zero-order chi connectivity index (χ0) is 32.6. The van der Waals surface area contributed by atoms with Gasteiger partial charge in [0.15, 0.2) is 0 Å². The summed E-state index contributed by atoms with van der Waals surface area (Å²) in [5.74, 6) is -0.477. The molecule has 0 aromatic heterocycles. The molecule has 0 aliphatic rings. The molecular weight excluding hydrogens is 633 g/mol. The monoisotopic (exact) mass is 667 g/mol. The summed E-state index contributed by atoms with van der Waals surface area (Å²) in [4.78, 5) is 29.6. The molecule has 4 rings (SSSR count). The molecule has 0 radical (unpaired) electrons. The van der Waals surface area contributed by atoms with Crippen LogP contribution in [0.3, 0.4) is 0 Å². The second-order valence-electron chi connectivity index (χ2n) is 10.7. The average Bonchev–Trinajstić information content (AvgIpc) is 3.01. The molecule has 0 saturated carbocycles. The molecule has 4 aromatic rings. The van der Waals surface area contributed by atoms with Gasteiger partial charge in [0.25, 0.3) is 10.0 Å². The SMILES string of the molecule is COc1ccc(S(=O)(=O)N(CC(=O)N(Cc2cccc(Cl)c2)C(Cc2ccccc2)C(=O)NC(C)C)c2cccc(Cl)c2)cc1. The van der Waals surface area contributed by atoms with Crippen molar-refractivity contribution in [3.05, 3.63) is 124 Å². The van der Waals surface area contributed by atoms with Gasteiger partial charge in [-0.2, -0.15) is 0 Å². The van der Waals surface area contributed by atoms with Crippen molar-refractivity contribution in [3.8, 4) is 5.75 Å². The average molecular weight is 669 g/mol. The lowest BCUT2D eigenvalue weighted by molar-refractivity contribution is -0.140. The number of benzene rings is 4. The van der Waals surface area contributed by atoms with Gasteiger partial charge >= 0.3 is 0 Å². The van der Waals surface area contributed by atoms with E-state index in [4.69, 9.17) is 27.9 Å². The maximum atomic E-state index is 14.5. The summed E-state index contributed by atoms with van der Waals surface area (Å²) < 4.78 is 34.4. The largest absolute Gasteiger partial charge is 0.497 e. The number of nitrogens with one attached hydrogen (secondary N) is 1. The number of rotatable bonds is 13. The van der Waals surface area contributed by atoms with Crippen LogP contribution in [0.1, 0.15) is 25.0 Å². The predicted molar refractivity (Wildman–Crippen MR) is 178 cm³/mol. The Morgan fingerprint density at radius 3 is 2.04 bits per heavy atom. The molecule has 2 amide bonds. The number of anilines is 1. The number of sulfonamides is 1. The van der Waals surface area contributed by atoms with Crippen LogP contribution in [0, 0.1) is 0 Å². The van der Waals surface area contributed by atoms with Crippen molar-refractivity contribution in [2.45, 2.75) is 43.8 Å². The predicted octanol–water partition coefficient (Wildman–Crippen LogP) is 6.36. The normalized spacial score (nSPS) is 12.0. The molecule has 0 aliphatic heterocycles. The van der Waals surface area contributed by atoms with E-state index in [1.165, 1.54) is 42.3 Å². The van der Waals surface area contributed by atoms with E-state index in [0.717, 1.165) is 9.87 Å². The Bertz CT molecular complexity index is 1720. The maximum Gasteiger partial charge on any atom is 0.264 e. The highest BCUT2D eigenvalue weighted by molar-refractivity contribution is 7.92. The van der Waals surface area contributed by atoms with Crippen LogP contribution in [0.4, 0.5) is 5.69 Å². The van der Waals surface area contributed by atoms with Crippen molar-refractivity contribution in [2.24, 2.45) is 0 Å². The number of carbonyl (C=O) groups is 2. The van der Waals surface area contributed by atoms with E-state index >= 15 is 0 Å². The molecule has 4 aromatic carbocycles. The smallest absolute Gasteiger partial charge is 0.264 e. The second-order valence-corrected chi connectivity index (χ2v) is 13.4. The quantitative estimate of drug-likeness (QED) is 0.179. The minimum absolute atomic E-state index is 0.00831. The molecule has 45 heavy (non-hydrogen) atoms. The Kier molecular flexibility index (Phi) is 11.5. The first-order valence-electron chi connectivity index (χ1n) is 14.3. The van der Waals surface area contributed by atoms with Crippen LogP contribution in [0.5, 0.6) is 5.75 Å². The molecule has 11 heteroatoms.